The van der Waals surface area contributed by atoms with Crippen molar-refractivity contribution in [3.8, 4) is 0 Å². The summed E-state index contributed by atoms with van der Waals surface area (Å²) in [5.41, 5.74) is 0. The Balaban J connectivity index is 2.64. The topological polar surface area (TPSA) is 41.5 Å². The van der Waals surface area contributed by atoms with Crippen molar-refractivity contribution in [2.45, 2.75) is 18.1 Å². The fourth-order valence-electron chi connectivity index (χ4n) is 1.21. The molecule has 1 aliphatic heterocycles. The number of piperidine rings is 1. The second-order valence-corrected chi connectivity index (χ2v) is 2.62. The number of halogens is 2. The van der Waals surface area contributed by atoms with Crippen molar-refractivity contribution >= 4 is 0 Å². The first kappa shape index (κ1) is 8.83. The molecular formula is C6H11F2NO2. The molecular weight excluding hydrogens is 156 g/mol. The van der Waals surface area contributed by atoms with Crippen molar-refractivity contribution < 1.29 is 18.6 Å². The van der Waals surface area contributed by atoms with Crippen LogP contribution in [0.3, 0.4) is 0 Å². The molecule has 0 spiro atoms. The number of nitrogens with one attached hydrogen (secondary N) is 1. The normalized spacial score (nSPS) is 37.1. The van der Waals surface area contributed by atoms with Gasteiger partial charge in [-0.1, -0.05) is 0 Å². The highest BCUT2D eigenvalue weighted by Gasteiger charge is 2.46. The average Bonchev–Trinajstić information content (AvgIpc) is 1.86. The number of rotatable bonds is 1. The van der Waals surface area contributed by atoms with Crippen LogP contribution in [0.25, 0.3) is 0 Å². The Morgan fingerprint density at radius 2 is 2.27 bits per heavy atom. The van der Waals surface area contributed by atoms with E-state index in [1.165, 1.54) is 7.11 Å². The highest BCUT2D eigenvalue weighted by Crippen LogP contribution is 2.25. The molecule has 3 nitrogen and oxygen atoms in total. The van der Waals surface area contributed by atoms with Crippen molar-refractivity contribution in [3.05, 3.63) is 0 Å². The molecule has 0 aromatic carbocycles. The van der Waals surface area contributed by atoms with Crippen LogP contribution in [0.5, 0.6) is 0 Å². The van der Waals surface area contributed by atoms with E-state index >= 15 is 0 Å². The first-order valence-electron chi connectivity index (χ1n) is 3.37. The summed E-state index contributed by atoms with van der Waals surface area (Å²) in [6.45, 7) is -0.267. The number of ether oxygens (including phenoxy) is 1. The zero-order valence-corrected chi connectivity index (χ0v) is 6.18. The molecule has 1 saturated heterocycles. The van der Waals surface area contributed by atoms with E-state index < -0.39 is 24.7 Å². The van der Waals surface area contributed by atoms with Crippen LogP contribution >= 0.6 is 0 Å². The maximum Gasteiger partial charge on any atom is 0.288 e. The Bertz CT molecular complexity index is 143. The van der Waals surface area contributed by atoms with Crippen LogP contribution in [0, 0.1) is 0 Å². The Morgan fingerprint density at radius 3 is 2.64 bits per heavy atom. The Labute approximate surface area is 63.3 Å². The minimum atomic E-state index is -2.97. The van der Waals surface area contributed by atoms with Crippen molar-refractivity contribution in [3.63, 3.8) is 0 Å². The summed E-state index contributed by atoms with van der Waals surface area (Å²) in [6.07, 6.45) is -2.49. The highest BCUT2D eigenvalue weighted by molar-refractivity contribution is 4.91. The smallest absolute Gasteiger partial charge is 0.288 e. The molecule has 0 unspecified atom stereocenters. The van der Waals surface area contributed by atoms with Gasteiger partial charge in [0.1, 0.15) is 6.10 Å². The zero-order chi connectivity index (χ0) is 8.48. The predicted molar refractivity (Wildman–Crippen MR) is 34.6 cm³/mol. The lowest BCUT2D eigenvalue weighted by Crippen LogP contribution is -2.58. The van der Waals surface area contributed by atoms with E-state index in [4.69, 9.17) is 5.11 Å². The number of hydrogen-bond donors (Lipinski definition) is 2. The third kappa shape index (κ3) is 1.66. The quantitative estimate of drug-likeness (QED) is 0.558. The van der Waals surface area contributed by atoms with Crippen LogP contribution in [-0.2, 0) is 4.74 Å². The molecule has 5 heteroatoms. The van der Waals surface area contributed by atoms with Crippen molar-refractivity contribution in [2.24, 2.45) is 0 Å². The molecule has 0 aromatic rings. The first-order chi connectivity index (χ1) is 5.08. The fourth-order valence-corrected chi connectivity index (χ4v) is 1.21. The van der Waals surface area contributed by atoms with Crippen molar-refractivity contribution in [2.75, 3.05) is 20.2 Å². The van der Waals surface area contributed by atoms with Crippen LogP contribution in [0.4, 0.5) is 8.78 Å². The second-order valence-electron chi connectivity index (χ2n) is 2.62. The van der Waals surface area contributed by atoms with Crippen molar-refractivity contribution in [1.82, 2.24) is 5.32 Å². The van der Waals surface area contributed by atoms with Crippen LogP contribution in [0.1, 0.15) is 0 Å². The molecule has 11 heavy (non-hydrogen) atoms. The number of aliphatic hydroxyl groups excluding tert-OH is 1. The average molecular weight is 167 g/mol. The summed E-state index contributed by atoms with van der Waals surface area (Å²) in [7, 11) is 1.17. The van der Waals surface area contributed by atoms with Crippen molar-refractivity contribution in [1.29, 1.82) is 0 Å². The number of methoxy groups -OCH3 is 1. The summed E-state index contributed by atoms with van der Waals surface area (Å²) < 4.78 is 30.0. The van der Waals surface area contributed by atoms with Gasteiger partial charge in [-0.2, -0.15) is 0 Å². The van der Waals surface area contributed by atoms with Crippen LogP contribution in [0.2, 0.25) is 0 Å². The van der Waals surface area contributed by atoms with Gasteiger partial charge in [0, 0.05) is 13.7 Å². The summed E-state index contributed by atoms with van der Waals surface area (Å²) in [5.74, 6) is -2.97. The summed E-state index contributed by atoms with van der Waals surface area (Å²) >= 11 is 0. The van der Waals surface area contributed by atoms with Crippen LogP contribution < -0.4 is 5.32 Å². The molecule has 1 fully saturated rings. The molecule has 0 aliphatic carbocycles. The molecule has 1 heterocycles. The van der Waals surface area contributed by atoms with E-state index in [-0.39, 0.29) is 6.54 Å². The van der Waals surface area contributed by atoms with E-state index in [9.17, 15) is 8.78 Å². The molecule has 1 rings (SSSR count). The third-order valence-electron chi connectivity index (χ3n) is 1.73. The largest absolute Gasteiger partial charge is 0.389 e. The molecule has 0 aromatic heterocycles. The summed E-state index contributed by atoms with van der Waals surface area (Å²) in [4.78, 5) is 0. The minimum absolute atomic E-state index is 0.161. The SMILES string of the molecule is CO[C@H]1[C@@H](O)CNCC1(F)F. The molecule has 66 valence electrons. The van der Waals surface area contributed by atoms with Gasteiger partial charge in [0.2, 0.25) is 0 Å². The lowest BCUT2D eigenvalue weighted by molar-refractivity contribution is -0.178. The van der Waals surface area contributed by atoms with Gasteiger partial charge in [-0.25, -0.2) is 8.78 Å². The third-order valence-corrected chi connectivity index (χ3v) is 1.73. The van der Waals surface area contributed by atoms with Gasteiger partial charge in [0.25, 0.3) is 5.92 Å². The van der Waals surface area contributed by atoms with Gasteiger partial charge in [-0.15, -0.1) is 0 Å². The zero-order valence-electron chi connectivity index (χ0n) is 6.18. The summed E-state index contributed by atoms with van der Waals surface area (Å²) in [5, 5.41) is 11.4. The molecule has 1 aliphatic rings. The minimum Gasteiger partial charge on any atom is -0.389 e. The molecule has 0 saturated carbocycles. The summed E-state index contributed by atoms with van der Waals surface area (Å²) in [6, 6.07) is 0. The standard InChI is InChI=1S/C6H11F2NO2/c1-11-5-4(10)2-9-3-6(5,7)8/h4-5,9-10H,2-3H2,1H3/t4-,5-/m0/s1. The predicted octanol–water partition coefficient (Wildman–Crippen LogP) is -0.399. The van der Waals surface area contributed by atoms with Gasteiger partial charge < -0.3 is 15.2 Å². The van der Waals surface area contributed by atoms with E-state index in [0.717, 1.165) is 0 Å². The second kappa shape index (κ2) is 3.00. The van der Waals surface area contributed by atoms with Crippen LogP contribution in [-0.4, -0.2) is 43.4 Å². The highest BCUT2D eigenvalue weighted by atomic mass is 19.3. The molecule has 0 bridgehead atoms. The van der Waals surface area contributed by atoms with E-state index in [1.54, 1.807) is 0 Å². The lowest BCUT2D eigenvalue weighted by Gasteiger charge is -2.34. The van der Waals surface area contributed by atoms with E-state index in [0.29, 0.717) is 0 Å². The van der Waals surface area contributed by atoms with Crippen LogP contribution in [0.15, 0.2) is 0 Å². The fraction of sp³-hybridized carbons (Fsp3) is 1.00. The van der Waals surface area contributed by atoms with E-state index in [1.807, 2.05) is 0 Å². The maximum atomic E-state index is 12.8. The molecule has 0 amide bonds. The number of hydrogen-bond acceptors (Lipinski definition) is 3. The van der Waals surface area contributed by atoms with Gasteiger partial charge >= 0.3 is 0 Å². The monoisotopic (exact) mass is 167 g/mol. The molecule has 2 N–H and O–H groups in total. The lowest BCUT2D eigenvalue weighted by atomic mass is 10.0. The number of alkyl halides is 2. The van der Waals surface area contributed by atoms with Gasteiger partial charge in [0.05, 0.1) is 12.6 Å². The van der Waals surface area contributed by atoms with Gasteiger partial charge in [-0.3, -0.25) is 0 Å². The van der Waals surface area contributed by atoms with Gasteiger partial charge in [0.15, 0.2) is 0 Å². The van der Waals surface area contributed by atoms with Gasteiger partial charge in [-0.05, 0) is 0 Å². The molecule has 0 radical (unpaired) electrons. The van der Waals surface area contributed by atoms with E-state index in [2.05, 4.69) is 10.1 Å². The Hall–Kier alpha value is -0.260. The Morgan fingerprint density at radius 1 is 1.64 bits per heavy atom. The Kier molecular flexibility index (Phi) is 2.41. The number of β-amino-alcohol motifs (C(OH)–C–C–N with tert-alkyl or cyclic N) is 1. The number of aliphatic hydroxyl groups is 1. The first-order valence-corrected chi connectivity index (χ1v) is 3.37. The molecule has 2 atom stereocenters. The maximum absolute atomic E-state index is 12.8.